The molecular formula is C32H36N2O6. The Morgan fingerprint density at radius 2 is 1.50 bits per heavy atom. The van der Waals surface area contributed by atoms with E-state index in [1.54, 1.807) is 13.8 Å². The van der Waals surface area contributed by atoms with E-state index in [1.165, 1.54) is 0 Å². The van der Waals surface area contributed by atoms with Crippen LogP contribution in [0.25, 0.3) is 11.1 Å². The van der Waals surface area contributed by atoms with E-state index in [0.29, 0.717) is 6.42 Å². The first-order chi connectivity index (χ1) is 19.2. The Labute approximate surface area is 234 Å². The van der Waals surface area contributed by atoms with Crippen LogP contribution in [0.2, 0.25) is 0 Å². The maximum atomic E-state index is 13.2. The van der Waals surface area contributed by atoms with Crippen molar-refractivity contribution in [3.63, 3.8) is 0 Å². The van der Waals surface area contributed by atoms with E-state index in [1.807, 2.05) is 73.7 Å². The normalized spacial score (nSPS) is 15.2. The second kappa shape index (κ2) is 12.8. The Balaban J connectivity index is 1.32. The summed E-state index contributed by atoms with van der Waals surface area (Å²) in [5.74, 6) is -1.76. The summed E-state index contributed by atoms with van der Waals surface area (Å²) in [6.45, 7) is 5.46. The number of benzene rings is 3. The van der Waals surface area contributed by atoms with Gasteiger partial charge in [0.05, 0.1) is 18.1 Å². The number of carbonyl (C=O) groups excluding carboxylic acids is 2. The Morgan fingerprint density at radius 1 is 0.925 bits per heavy atom. The third-order valence-electron chi connectivity index (χ3n) is 7.67. The topological polar surface area (TPSA) is 114 Å². The van der Waals surface area contributed by atoms with Gasteiger partial charge in [0.15, 0.2) is 6.04 Å². The molecule has 2 amide bonds. The van der Waals surface area contributed by atoms with Gasteiger partial charge in [-0.3, -0.25) is 4.79 Å². The summed E-state index contributed by atoms with van der Waals surface area (Å²) in [5.41, 5.74) is 4.33. The second-order valence-corrected chi connectivity index (χ2v) is 10.4. The maximum Gasteiger partial charge on any atom is 0.407 e. The second-order valence-electron chi connectivity index (χ2n) is 10.4. The average Bonchev–Trinajstić information content (AvgIpc) is 3.30. The zero-order chi connectivity index (χ0) is 28.7. The number of hydrogen-bond acceptors (Lipinski definition) is 5. The molecular weight excluding hydrogens is 508 g/mol. The highest BCUT2D eigenvalue weighted by Gasteiger charge is 2.37. The first-order valence-corrected chi connectivity index (χ1v) is 13.5. The molecule has 1 aliphatic carbocycles. The minimum absolute atomic E-state index is 0.0163. The van der Waals surface area contributed by atoms with Crippen molar-refractivity contribution in [3.05, 3.63) is 95.6 Å². The van der Waals surface area contributed by atoms with Crippen molar-refractivity contribution in [2.45, 2.75) is 51.9 Å². The number of carboxylic acids is 1. The number of rotatable bonds is 12. The van der Waals surface area contributed by atoms with Gasteiger partial charge in [-0.15, -0.1) is 0 Å². The van der Waals surface area contributed by atoms with Crippen LogP contribution in [0.5, 0.6) is 0 Å². The molecule has 1 aliphatic rings. The Morgan fingerprint density at radius 3 is 2.08 bits per heavy atom. The Kier molecular flexibility index (Phi) is 9.22. The zero-order valence-corrected chi connectivity index (χ0v) is 23.1. The largest absolute Gasteiger partial charge is 0.480 e. The molecule has 1 unspecified atom stereocenters. The number of ether oxygens (including phenoxy) is 2. The lowest BCUT2D eigenvalue weighted by atomic mass is 9.86. The summed E-state index contributed by atoms with van der Waals surface area (Å²) in [7, 11) is 0. The summed E-state index contributed by atoms with van der Waals surface area (Å²) in [4.78, 5) is 37.9. The molecule has 0 fully saturated rings. The van der Waals surface area contributed by atoms with Gasteiger partial charge in [-0.2, -0.15) is 0 Å². The van der Waals surface area contributed by atoms with Crippen molar-refractivity contribution in [1.82, 2.24) is 10.6 Å². The molecule has 40 heavy (non-hydrogen) atoms. The minimum atomic E-state index is -1.25. The highest BCUT2D eigenvalue weighted by atomic mass is 16.5. The van der Waals surface area contributed by atoms with Crippen LogP contribution in [0.15, 0.2) is 78.9 Å². The van der Waals surface area contributed by atoms with Crippen molar-refractivity contribution in [1.29, 1.82) is 0 Å². The summed E-state index contributed by atoms with van der Waals surface area (Å²) < 4.78 is 11.3. The number of amides is 2. The minimum Gasteiger partial charge on any atom is -0.480 e. The van der Waals surface area contributed by atoms with Crippen molar-refractivity contribution in [3.8, 4) is 11.1 Å². The number of fused-ring (bicyclic) bond motifs is 3. The SMILES string of the molecule is CCC(C)(CNC(=O)OCC1c2ccccc2-c2ccccc21)C(=O)N[C@H](C(=O)O)[C@@H](C)OCc1ccccc1. The monoisotopic (exact) mass is 544 g/mol. The highest BCUT2D eigenvalue weighted by Crippen LogP contribution is 2.44. The average molecular weight is 545 g/mol. The number of carbonyl (C=O) groups is 3. The fourth-order valence-corrected chi connectivity index (χ4v) is 4.88. The summed E-state index contributed by atoms with van der Waals surface area (Å²) >= 11 is 0. The number of aliphatic carboxylic acids is 1. The number of nitrogens with one attached hydrogen (secondary N) is 2. The van der Waals surface area contributed by atoms with E-state index in [0.717, 1.165) is 27.8 Å². The number of hydrogen-bond donors (Lipinski definition) is 3. The van der Waals surface area contributed by atoms with Crippen molar-refractivity contribution in [2.24, 2.45) is 5.41 Å². The zero-order valence-electron chi connectivity index (χ0n) is 23.1. The highest BCUT2D eigenvalue weighted by molar-refractivity contribution is 5.88. The van der Waals surface area contributed by atoms with Crippen LogP contribution in [-0.2, 0) is 25.7 Å². The van der Waals surface area contributed by atoms with Gasteiger partial charge in [-0.1, -0.05) is 85.8 Å². The van der Waals surface area contributed by atoms with Gasteiger partial charge in [0.1, 0.15) is 6.61 Å². The molecule has 0 aromatic heterocycles. The lowest BCUT2D eigenvalue weighted by molar-refractivity contribution is -0.148. The van der Waals surface area contributed by atoms with Crippen LogP contribution >= 0.6 is 0 Å². The third-order valence-corrected chi connectivity index (χ3v) is 7.67. The standard InChI is InChI=1S/C32H36N2O6/c1-4-32(3,30(37)34-28(29(35)36)21(2)39-18-22-12-6-5-7-13-22)20-33-31(38)40-19-27-25-16-10-8-14-23(25)24-15-9-11-17-26(24)27/h5-17,21,27-28H,4,18-20H2,1-3H3,(H,33,38)(H,34,37)(H,35,36)/t21-,28+,32?/m1/s1. The van der Waals surface area contributed by atoms with Gasteiger partial charge in [-0.25, -0.2) is 9.59 Å². The van der Waals surface area contributed by atoms with Gasteiger partial charge in [-0.05, 0) is 48.1 Å². The number of alkyl carbamates (subject to hydrolysis) is 1. The number of carboxylic acid groups (broad SMARTS) is 1. The van der Waals surface area contributed by atoms with Crippen LogP contribution in [-0.4, -0.2) is 48.4 Å². The van der Waals surface area contributed by atoms with Crippen LogP contribution in [0.3, 0.4) is 0 Å². The molecule has 3 atom stereocenters. The summed E-state index contributed by atoms with van der Waals surface area (Å²) in [6.07, 6.45) is -1.05. The van der Waals surface area contributed by atoms with Crippen molar-refractivity contribution < 1.29 is 29.0 Å². The molecule has 0 heterocycles. The maximum absolute atomic E-state index is 13.2. The van der Waals surface area contributed by atoms with E-state index < -0.39 is 35.5 Å². The molecule has 0 saturated carbocycles. The van der Waals surface area contributed by atoms with E-state index in [2.05, 4.69) is 22.8 Å². The quantitative estimate of drug-likeness (QED) is 0.292. The van der Waals surface area contributed by atoms with Crippen molar-refractivity contribution in [2.75, 3.05) is 13.2 Å². The fraction of sp³-hybridized carbons (Fsp3) is 0.344. The van der Waals surface area contributed by atoms with Gasteiger partial charge in [0.2, 0.25) is 5.91 Å². The Hall–Kier alpha value is -4.17. The first-order valence-electron chi connectivity index (χ1n) is 13.5. The fourth-order valence-electron chi connectivity index (χ4n) is 4.88. The summed E-state index contributed by atoms with van der Waals surface area (Å²) in [5, 5.41) is 15.1. The van der Waals surface area contributed by atoms with Crippen LogP contribution in [0.1, 0.15) is 49.8 Å². The molecule has 0 radical (unpaired) electrons. The lowest BCUT2D eigenvalue weighted by Gasteiger charge is -2.30. The molecule has 3 N–H and O–H groups in total. The predicted octanol–water partition coefficient (Wildman–Crippen LogP) is 5.12. The Bertz CT molecular complexity index is 1300. The molecule has 210 valence electrons. The summed E-state index contributed by atoms with van der Waals surface area (Å²) in [6, 6.07) is 24.3. The van der Waals surface area contributed by atoms with Crippen LogP contribution < -0.4 is 10.6 Å². The first kappa shape index (κ1) is 28.8. The van der Waals surface area contributed by atoms with Gasteiger partial charge >= 0.3 is 12.1 Å². The van der Waals surface area contributed by atoms with Crippen molar-refractivity contribution >= 4 is 18.0 Å². The molecule has 0 spiro atoms. The van der Waals surface area contributed by atoms with Gasteiger partial charge in [0, 0.05) is 12.5 Å². The van der Waals surface area contributed by atoms with Crippen LogP contribution in [0, 0.1) is 5.41 Å². The van der Waals surface area contributed by atoms with Gasteiger partial charge in [0.25, 0.3) is 0 Å². The van der Waals surface area contributed by atoms with E-state index in [4.69, 9.17) is 9.47 Å². The molecule has 8 nitrogen and oxygen atoms in total. The smallest absolute Gasteiger partial charge is 0.407 e. The molecule has 3 aromatic carbocycles. The molecule has 0 aliphatic heterocycles. The van der Waals surface area contributed by atoms with Gasteiger partial charge < -0.3 is 25.2 Å². The van der Waals surface area contributed by atoms with E-state index in [-0.39, 0.29) is 25.7 Å². The molecule has 4 rings (SSSR count). The molecule has 0 bridgehead atoms. The predicted molar refractivity (Wildman–Crippen MR) is 152 cm³/mol. The lowest BCUT2D eigenvalue weighted by Crippen LogP contribution is -2.55. The third kappa shape index (κ3) is 6.51. The van der Waals surface area contributed by atoms with E-state index >= 15 is 0 Å². The van der Waals surface area contributed by atoms with E-state index in [9.17, 15) is 19.5 Å². The molecule has 8 heteroatoms. The van der Waals surface area contributed by atoms with Crippen LogP contribution in [0.4, 0.5) is 4.79 Å². The molecule has 3 aromatic rings. The molecule has 0 saturated heterocycles.